The summed E-state index contributed by atoms with van der Waals surface area (Å²) >= 11 is 5.92. The third-order valence-electron chi connectivity index (χ3n) is 4.58. The summed E-state index contributed by atoms with van der Waals surface area (Å²) < 4.78 is 5.58. The number of carbonyl (C=O) groups is 2. The molecule has 0 unspecified atom stereocenters. The van der Waals surface area contributed by atoms with E-state index in [2.05, 4.69) is 10.2 Å². The van der Waals surface area contributed by atoms with Crippen LogP contribution in [0.3, 0.4) is 0 Å². The smallest absolute Gasteiger partial charge is 0.260 e. The first kappa shape index (κ1) is 20.2. The van der Waals surface area contributed by atoms with Crippen molar-refractivity contribution in [1.29, 1.82) is 0 Å². The molecule has 0 atom stereocenters. The van der Waals surface area contributed by atoms with Gasteiger partial charge in [-0.3, -0.25) is 14.5 Å². The Kier molecular flexibility index (Phi) is 6.90. The Morgan fingerprint density at radius 3 is 2.25 bits per heavy atom. The number of rotatable bonds is 6. The zero-order valence-electron chi connectivity index (χ0n) is 15.9. The highest BCUT2D eigenvalue weighted by molar-refractivity contribution is 6.30. The van der Waals surface area contributed by atoms with Crippen LogP contribution in [0.2, 0.25) is 5.02 Å². The standard InChI is InChI=1S/C21H24ClN3O3/c1-16(26)23-19-6-8-20(9-7-19)28-15-21(27)25-12-10-24(11-13-25)14-17-2-4-18(22)5-3-17/h2-9H,10-15H2,1H3,(H,23,26). The van der Waals surface area contributed by atoms with Crippen LogP contribution in [0.4, 0.5) is 5.69 Å². The second-order valence-electron chi connectivity index (χ2n) is 6.78. The molecule has 0 aromatic heterocycles. The molecule has 28 heavy (non-hydrogen) atoms. The van der Waals surface area contributed by atoms with E-state index in [0.717, 1.165) is 24.7 Å². The van der Waals surface area contributed by atoms with E-state index in [1.165, 1.54) is 12.5 Å². The molecule has 3 rings (SSSR count). The van der Waals surface area contributed by atoms with E-state index >= 15 is 0 Å². The van der Waals surface area contributed by atoms with Gasteiger partial charge in [0.1, 0.15) is 5.75 Å². The molecule has 1 N–H and O–H groups in total. The predicted octanol–water partition coefficient (Wildman–Crippen LogP) is 3.02. The maximum absolute atomic E-state index is 12.4. The number of hydrogen-bond acceptors (Lipinski definition) is 4. The molecule has 148 valence electrons. The lowest BCUT2D eigenvalue weighted by Gasteiger charge is -2.34. The van der Waals surface area contributed by atoms with Crippen LogP contribution in [0.15, 0.2) is 48.5 Å². The van der Waals surface area contributed by atoms with Gasteiger partial charge in [-0.15, -0.1) is 0 Å². The Balaban J connectivity index is 1.41. The van der Waals surface area contributed by atoms with E-state index in [4.69, 9.17) is 16.3 Å². The van der Waals surface area contributed by atoms with Crippen molar-refractivity contribution in [3.8, 4) is 5.75 Å². The Morgan fingerprint density at radius 1 is 1.00 bits per heavy atom. The minimum absolute atomic E-state index is 0.0106. The van der Waals surface area contributed by atoms with Crippen LogP contribution in [0.1, 0.15) is 12.5 Å². The first-order valence-electron chi connectivity index (χ1n) is 9.24. The van der Waals surface area contributed by atoms with Gasteiger partial charge in [-0.05, 0) is 42.0 Å². The van der Waals surface area contributed by atoms with Gasteiger partial charge in [-0.25, -0.2) is 0 Å². The Labute approximate surface area is 170 Å². The Hall–Kier alpha value is -2.57. The number of halogens is 1. The number of nitrogens with one attached hydrogen (secondary N) is 1. The third kappa shape index (κ3) is 5.97. The summed E-state index contributed by atoms with van der Waals surface area (Å²) in [6, 6.07) is 14.8. The molecule has 0 spiro atoms. The zero-order valence-corrected chi connectivity index (χ0v) is 16.6. The molecule has 2 aromatic rings. The third-order valence-corrected chi connectivity index (χ3v) is 4.83. The first-order chi connectivity index (χ1) is 13.5. The second kappa shape index (κ2) is 9.57. The summed E-state index contributed by atoms with van der Waals surface area (Å²) in [6.45, 7) is 5.37. The van der Waals surface area contributed by atoms with E-state index in [1.807, 2.05) is 29.2 Å². The van der Waals surface area contributed by atoms with Gasteiger partial charge in [0.15, 0.2) is 6.61 Å². The molecule has 2 aromatic carbocycles. The molecule has 0 saturated carbocycles. The number of carbonyl (C=O) groups excluding carboxylic acids is 2. The Bertz CT molecular complexity index is 801. The number of nitrogens with zero attached hydrogens (tertiary/aromatic N) is 2. The van der Waals surface area contributed by atoms with Gasteiger partial charge in [-0.2, -0.15) is 0 Å². The van der Waals surface area contributed by atoms with Crippen molar-refractivity contribution in [2.45, 2.75) is 13.5 Å². The molecule has 2 amide bonds. The maximum Gasteiger partial charge on any atom is 0.260 e. The fraction of sp³-hybridized carbons (Fsp3) is 0.333. The number of anilines is 1. The monoisotopic (exact) mass is 401 g/mol. The highest BCUT2D eigenvalue weighted by atomic mass is 35.5. The molecule has 1 saturated heterocycles. The molecule has 1 aliphatic rings. The average Bonchev–Trinajstić information content (AvgIpc) is 2.69. The van der Waals surface area contributed by atoms with E-state index in [9.17, 15) is 9.59 Å². The van der Waals surface area contributed by atoms with Crippen LogP contribution < -0.4 is 10.1 Å². The van der Waals surface area contributed by atoms with Crippen LogP contribution in [-0.4, -0.2) is 54.4 Å². The first-order valence-corrected chi connectivity index (χ1v) is 9.62. The van der Waals surface area contributed by atoms with Gasteiger partial charge in [0.2, 0.25) is 5.91 Å². The van der Waals surface area contributed by atoms with E-state index < -0.39 is 0 Å². The molecule has 1 heterocycles. The number of piperazine rings is 1. The number of amides is 2. The zero-order chi connectivity index (χ0) is 19.9. The van der Waals surface area contributed by atoms with Crippen LogP contribution in [0, 0.1) is 0 Å². The van der Waals surface area contributed by atoms with Gasteiger partial charge in [0, 0.05) is 50.4 Å². The lowest BCUT2D eigenvalue weighted by molar-refractivity contribution is -0.135. The molecule has 7 heteroatoms. The van der Waals surface area contributed by atoms with Crippen LogP contribution >= 0.6 is 11.6 Å². The van der Waals surface area contributed by atoms with Crippen molar-refractivity contribution < 1.29 is 14.3 Å². The molecule has 0 radical (unpaired) electrons. The quantitative estimate of drug-likeness (QED) is 0.808. The van der Waals surface area contributed by atoms with Crippen LogP contribution in [0.25, 0.3) is 0 Å². The summed E-state index contributed by atoms with van der Waals surface area (Å²) in [5.74, 6) is 0.458. The summed E-state index contributed by atoms with van der Waals surface area (Å²) in [7, 11) is 0. The predicted molar refractivity (Wildman–Crippen MR) is 110 cm³/mol. The maximum atomic E-state index is 12.4. The molecular weight excluding hydrogens is 378 g/mol. The SMILES string of the molecule is CC(=O)Nc1ccc(OCC(=O)N2CCN(Cc3ccc(Cl)cc3)CC2)cc1. The summed E-state index contributed by atoms with van der Waals surface area (Å²) in [6.07, 6.45) is 0. The molecular formula is C21H24ClN3O3. The van der Waals surface area contributed by atoms with Crippen molar-refractivity contribution in [2.24, 2.45) is 0 Å². The lowest BCUT2D eigenvalue weighted by atomic mass is 10.2. The van der Waals surface area contributed by atoms with E-state index in [0.29, 0.717) is 24.5 Å². The second-order valence-corrected chi connectivity index (χ2v) is 7.21. The summed E-state index contributed by atoms with van der Waals surface area (Å²) in [5, 5.41) is 3.43. The van der Waals surface area contributed by atoms with Gasteiger partial charge in [0.05, 0.1) is 0 Å². The fourth-order valence-electron chi connectivity index (χ4n) is 3.08. The van der Waals surface area contributed by atoms with Crippen molar-refractivity contribution in [3.63, 3.8) is 0 Å². The molecule has 1 fully saturated rings. The number of ether oxygens (including phenoxy) is 1. The minimum Gasteiger partial charge on any atom is -0.484 e. The number of hydrogen-bond donors (Lipinski definition) is 1. The van der Waals surface area contributed by atoms with E-state index in [-0.39, 0.29) is 18.4 Å². The molecule has 0 aliphatic carbocycles. The van der Waals surface area contributed by atoms with Crippen LogP contribution in [0.5, 0.6) is 5.75 Å². The molecule has 6 nitrogen and oxygen atoms in total. The minimum atomic E-state index is -0.126. The Morgan fingerprint density at radius 2 is 1.64 bits per heavy atom. The van der Waals surface area contributed by atoms with Crippen LogP contribution in [-0.2, 0) is 16.1 Å². The number of benzene rings is 2. The highest BCUT2D eigenvalue weighted by Crippen LogP contribution is 2.16. The van der Waals surface area contributed by atoms with Crippen molar-refractivity contribution in [2.75, 3.05) is 38.1 Å². The lowest BCUT2D eigenvalue weighted by Crippen LogP contribution is -2.49. The van der Waals surface area contributed by atoms with Crippen molar-refractivity contribution in [1.82, 2.24) is 9.80 Å². The van der Waals surface area contributed by atoms with Crippen molar-refractivity contribution in [3.05, 3.63) is 59.1 Å². The van der Waals surface area contributed by atoms with Gasteiger partial charge < -0.3 is 15.0 Å². The highest BCUT2D eigenvalue weighted by Gasteiger charge is 2.21. The summed E-state index contributed by atoms with van der Waals surface area (Å²) in [4.78, 5) is 27.6. The normalized spacial score (nSPS) is 14.6. The topological polar surface area (TPSA) is 61.9 Å². The van der Waals surface area contributed by atoms with Gasteiger partial charge >= 0.3 is 0 Å². The van der Waals surface area contributed by atoms with Crippen molar-refractivity contribution >= 4 is 29.1 Å². The summed E-state index contributed by atoms with van der Waals surface area (Å²) in [5.41, 5.74) is 1.92. The van der Waals surface area contributed by atoms with Gasteiger partial charge in [-0.1, -0.05) is 23.7 Å². The average molecular weight is 402 g/mol. The van der Waals surface area contributed by atoms with Gasteiger partial charge in [0.25, 0.3) is 5.91 Å². The van der Waals surface area contributed by atoms with E-state index in [1.54, 1.807) is 24.3 Å². The largest absolute Gasteiger partial charge is 0.484 e. The fourth-order valence-corrected chi connectivity index (χ4v) is 3.20. The molecule has 0 bridgehead atoms. The molecule has 1 aliphatic heterocycles.